The van der Waals surface area contributed by atoms with Crippen molar-refractivity contribution < 1.29 is 4.79 Å². The maximum atomic E-state index is 12.2. The maximum Gasteiger partial charge on any atom is 0.237 e. The molecule has 1 heterocycles. The van der Waals surface area contributed by atoms with Gasteiger partial charge in [-0.1, -0.05) is 36.4 Å². The van der Waals surface area contributed by atoms with Gasteiger partial charge in [-0.3, -0.25) is 4.79 Å². The van der Waals surface area contributed by atoms with E-state index in [-0.39, 0.29) is 18.3 Å². The van der Waals surface area contributed by atoms with E-state index in [0.717, 1.165) is 16.6 Å². The molecule has 2 aromatic carbocycles. The number of rotatable bonds is 5. The first-order chi connectivity index (χ1) is 11.5. The molecule has 4 nitrogen and oxygen atoms in total. The second-order valence-corrected chi connectivity index (χ2v) is 6.27. The lowest BCUT2D eigenvalue weighted by Gasteiger charge is -2.12. The normalized spacial score (nSPS) is 11.8. The van der Waals surface area contributed by atoms with Crippen LogP contribution in [0.25, 0.3) is 10.9 Å². The van der Waals surface area contributed by atoms with E-state index in [2.05, 4.69) is 36.3 Å². The van der Waals surface area contributed by atoms with Gasteiger partial charge in [-0.05, 0) is 49.1 Å². The summed E-state index contributed by atoms with van der Waals surface area (Å²) in [4.78, 5) is 15.6. The number of benzene rings is 2. The molecular weight excluding hydrogens is 334 g/mol. The minimum absolute atomic E-state index is 0. The van der Waals surface area contributed by atoms with Gasteiger partial charge >= 0.3 is 0 Å². The second kappa shape index (κ2) is 8.19. The van der Waals surface area contributed by atoms with Gasteiger partial charge in [0.1, 0.15) is 0 Å². The Hall–Kier alpha value is -2.30. The fraction of sp³-hybridized carbons (Fsp3) is 0.250. The molecule has 4 N–H and O–H groups in total. The van der Waals surface area contributed by atoms with E-state index in [4.69, 9.17) is 5.73 Å². The van der Waals surface area contributed by atoms with Gasteiger partial charge in [0.25, 0.3) is 0 Å². The summed E-state index contributed by atoms with van der Waals surface area (Å²) < 4.78 is 0. The molecule has 0 spiro atoms. The minimum atomic E-state index is -0.535. The molecule has 25 heavy (non-hydrogen) atoms. The average Bonchev–Trinajstić information content (AvgIpc) is 2.88. The molecule has 3 aromatic rings. The van der Waals surface area contributed by atoms with Crippen LogP contribution in [0.3, 0.4) is 0 Å². The Kier molecular flexibility index (Phi) is 6.23. The Labute approximate surface area is 154 Å². The summed E-state index contributed by atoms with van der Waals surface area (Å²) in [6.07, 6.45) is 0.543. The Balaban J connectivity index is 0.00000225. The zero-order valence-corrected chi connectivity index (χ0v) is 15.3. The first kappa shape index (κ1) is 19.0. The number of fused-ring (bicyclic) bond motifs is 1. The average molecular weight is 358 g/mol. The second-order valence-electron chi connectivity index (χ2n) is 6.27. The van der Waals surface area contributed by atoms with Gasteiger partial charge < -0.3 is 16.0 Å². The van der Waals surface area contributed by atoms with Crippen LogP contribution in [0.2, 0.25) is 0 Å². The van der Waals surface area contributed by atoms with Gasteiger partial charge in [0.15, 0.2) is 0 Å². The highest BCUT2D eigenvalue weighted by Gasteiger charge is 2.14. The van der Waals surface area contributed by atoms with E-state index < -0.39 is 6.04 Å². The number of nitrogens with two attached hydrogens (primary N) is 1. The monoisotopic (exact) mass is 357 g/mol. The van der Waals surface area contributed by atoms with Crippen LogP contribution < -0.4 is 11.1 Å². The number of hydrogen-bond donors (Lipinski definition) is 3. The number of aromatic amines is 1. The highest BCUT2D eigenvalue weighted by molar-refractivity contribution is 5.86. The topological polar surface area (TPSA) is 70.9 Å². The van der Waals surface area contributed by atoms with Crippen molar-refractivity contribution in [2.24, 2.45) is 5.73 Å². The van der Waals surface area contributed by atoms with Crippen LogP contribution in [0.1, 0.15) is 22.4 Å². The predicted molar refractivity (Wildman–Crippen MR) is 105 cm³/mol. The van der Waals surface area contributed by atoms with Crippen LogP contribution in [0.4, 0.5) is 0 Å². The fourth-order valence-electron chi connectivity index (χ4n) is 2.90. The molecule has 0 aliphatic heterocycles. The third-order valence-electron chi connectivity index (χ3n) is 4.47. The van der Waals surface area contributed by atoms with Gasteiger partial charge in [0.05, 0.1) is 6.04 Å². The molecule has 1 atom stereocenters. The van der Waals surface area contributed by atoms with E-state index in [1.807, 2.05) is 36.4 Å². The number of carbonyl (C=O) groups is 1. The quantitative estimate of drug-likeness (QED) is 0.655. The molecule has 0 aliphatic rings. The zero-order chi connectivity index (χ0) is 17.1. The van der Waals surface area contributed by atoms with Crippen molar-refractivity contribution in [2.45, 2.75) is 32.9 Å². The lowest BCUT2D eigenvalue weighted by atomic mass is 10.1. The van der Waals surface area contributed by atoms with Crippen molar-refractivity contribution in [3.8, 4) is 0 Å². The third-order valence-corrected chi connectivity index (χ3v) is 4.47. The van der Waals surface area contributed by atoms with Gasteiger partial charge in [-0.25, -0.2) is 0 Å². The molecule has 3 rings (SSSR count). The zero-order valence-electron chi connectivity index (χ0n) is 14.5. The fourth-order valence-corrected chi connectivity index (χ4v) is 2.90. The number of halogens is 1. The molecule has 5 heteroatoms. The van der Waals surface area contributed by atoms with E-state index in [1.54, 1.807) is 0 Å². The smallest absolute Gasteiger partial charge is 0.237 e. The lowest BCUT2D eigenvalue weighted by Crippen LogP contribution is -2.41. The molecule has 132 valence electrons. The minimum Gasteiger partial charge on any atom is -0.358 e. The molecule has 1 amide bonds. The summed E-state index contributed by atoms with van der Waals surface area (Å²) in [5, 5.41) is 4.14. The number of hydrogen-bond acceptors (Lipinski definition) is 2. The van der Waals surface area contributed by atoms with Crippen molar-refractivity contribution >= 4 is 29.2 Å². The Morgan fingerprint density at radius 3 is 2.56 bits per heavy atom. The van der Waals surface area contributed by atoms with Crippen LogP contribution >= 0.6 is 12.4 Å². The van der Waals surface area contributed by atoms with Crippen LogP contribution in [-0.2, 0) is 17.8 Å². The van der Waals surface area contributed by atoms with E-state index in [1.165, 1.54) is 16.6 Å². The van der Waals surface area contributed by atoms with Crippen LogP contribution in [0.5, 0.6) is 0 Å². The molecular formula is C20H24ClN3O. The highest BCUT2D eigenvalue weighted by atomic mass is 35.5. The molecule has 1 aromatic heterocycles. The predicted octanol–water partition coefficient (Wildman–Crippen LogP) is 3.39. The number of amides is 1. The number of carbonyl (C=O) groups excluding carboxylic acids is 1. The Morgan fingerprint density at radius 1 is 1.12 bits per heavy atom. The van der Waals surface area contributed by atoms with E-state index >= 15 is 0 Å². The summed E-state index contributed by atoms with van der Waals surface area (Å²) in [6, 6.07) is 15.5. The molecule has 0 radical (unpaired) electrons. The van der Waals surface area contributed by atoms with Crippen molar-refractivity contribution in [3.05, 3.63) is 70.9 Å². The van der Waals surface area contributed by atoms with Crippen molar-refractivity contribution in [1.82, 2.24) is 10.3 Å². The Morgan fingerprint density at radius 2 is 1.84 bits per heavy atom. The summed E-state index contributed by atoms with van der Waals surface area (Å²) in [5.41, 5.74) is 11.7. The maximum absolute atomic E-state index is 12.2. The van der Waals surface area contributed by atoms with Crippen LogP contribution in [-0.4, -0.2) is 16.9 Å². The molecule has 0 saturated carbocycles. The Bertz CT molecular complexity index is 858. The summed E-state index contributed by atoms with van der Waals surface area (Å²) in [6.45, 7) is 4.66. The third kappa shape index (κ3) is 4.41. The van der Waals surface area contributed by atoms with Gasteiger partial charge in [-0.2, -0.15) is 0 Å². The van der Waals surface area contributed by atoms with E-state index in [0.29, 0.717) is 13.0 Å². The molecule has 0 fully saturated rings. The summed E-state index contributed by atoms with van der Waals surface area (Å²) in [7, 11) is 0. The van der Waals surface area contributed by atoms with Crippen LogP contribution in [0, 0.1) is 13.8 Å². The first-order valence-electron chi connectivity index (χ1n) is 8.19. The van der Waals surface area contributed by atoms with Crippen molar-refractivity contribution in [2.75, 3.05) is 0 Å². The summed E-state index contributed by atoms with van der Waals surface area (Å²) in [5.74, 6) is -0.124. The standard InChI is InChI=1S/C20H23N3O.ClH/c1-13-14(2)23-19-9-8-16(10-17(13)19)12-22-20(24)18(21)11-15-6-4-3-5-7-15;/h3-10,18,23H,11-12,21H2,1-2H3,(H,22,24);1H/t18-;/m0./s1. The van der Waals surface area contributed by atoms with Crippen LogP contribution in [0.15, 0.2) is 48.5 Å². The first-order valence-corrected chi connectivity index (χ1v) is 8.19. The van der Waals surface area contributed by atoms with Crippen molar-refractivity contribution in [1.29, 1.82) is 0 Å². The largest absolute Gasteiger partial charge is 0.358 e. The number of aromatic nitrogens is 1. The van der Waals surface area contributed by atoms with Gasteiger partial charge in [0, 0.05) is 23.1 Å². The highest BCUT2D eigenvalue weighted by Crippen LogP contribution is 2.22. The lowest BCUT2D eigenvalue weighted by molar-refractivity contribution is -0.122. The van der Waals surface area contributed by atoms with Gasteiger partial charge in [-0.15, -0.1) is 12.4 Å². The molecule has 0 saturated heterocycles. The SMILES string of the molecule is Cc1[nH]c2ccc(CNC(=O)[C@@H](N)Cc3ccccc3)cc2c1C.Cl. The van der Waals surface area contributed by atoms with Crippen molar-refractivity contribution in [3.63, 3.8) is 0 Å². The molecule has 0 unspecified atom stereocenters. The number of aryl methyl sites for hydroxylation is 2. The number of nitrogens with one attached hydrogen (secondary N) is 2. The van der Waals surface area contributed by atoms with Gasteiger partial charge in [0.2, 0.25) is 5.91 Å². The molecule has 0 aliphatic carbocycles. The molecule has 0 bridgehead atoms. The summed E-state index contributed by atoms with van der Waals surface area (Å²) >= 11 is 0. The van der Waals surface area contributed by atoms with E-state index in [9.17, 15) is 4.79 Å². The number of H-pyrrole nitrogens is 1.